The minimum Gasteiger partial charge on any atom is -0.497 e. The van der Waals surface area contributed by atoms with Gasteiger partial charge < -0.3 is 13.9 Å². The number of benzene rings is 2. The molecule has 0 aliphatic rings. The number of rotatable bonds is 3. The van der Waals surface area contributed by atoms with Gasteiger partial charge in [-0.15, -0.1) is 0 Å². The van der Waals surface area contributed by atoms with E-state index in [1.54, 1.807) is 0 Å². The Bertz CT molecular complexity index is 973. The molecule has 0 spiro atoms. The molecule has 3 rings (SSSR count). The van der Waals surface area contributed by atoms with Gasteiger partial charge in [0.1, 0.15) is 22.6 Å². The normalized spacial score (nSPS) is 11.6. The van der Waals surface area contributed by atoms with Crippen LogP contribution in [0.25, 0.3) is 22.1 Å². The first-order valence-electron chi connectivity index (χ1n) is 7.21. The van der Waals surface area contributed by atoms with E-state index >= 15 is 0 Å². The smallest absolute Gasteiger partial charge is 0.424 e. The number of hydrogen-bond donors (Lipinski definition) is 0. The second-order valence-corrected chi connectivity index (χ2v) is 5.23. The fourth-order valence-corrected chi connectivity index (χ4v) is 2.62. The molecular formula is C18H13F3O4. The van der Waals surface area contributed by atoms with E-state index in [4.69, 9.17) is 13.9 Å². The second-order valence-electron chi connectivity index (χ2n) is 5.23. The highest BCUT2D eigenvalue weighted by Gasteiger charge is 2.39. The zero-order chi connectivity index (χ0) is 18.2. The molecule has 0 saturated carbocycles. The molecule has 1 aromatic heterocycles. The first-order chi connectivity index (χ1) is 11.8. The molecule has 0 bridgehead atoms. The minimum atomic E-state index is -4.87. The van der Waals surface area contributed by atoms with Crippen LogP contribution in [0.3, 0.4) is 0 Å². The average Bonchev–Trinajstić information content (AvgIpc) is 2.59. The summed E-state index contributed by atoms with van der Waals surface area (Å²) in [6, 6.07) is 10.3. The van der Waals surface area contributed by atoms with Crippen LogP contribution in [0.4, 0.5) is 13.2 Å². The Kier molecular flexibility index (Phi) is 4.16. The van der Waals surface area contributed by atoms with Gasteiger partial charge >= 0.3 is 11.8 Å². The lowest BCUT2D eigenvalue weighted by molar-refractivity contribution is -0.139. The van der Waals surface area contributed by atoms with E-state index in [2.05, 4.69) is 0 Å². The molecular weight excluding hydrogens is 337 g/mol. The van der Waals surface area contributed by atoms with Crippen molar-refractivity contribution in [1.82, 2.24) is 0 Å². The highest BCUT2D eigenvalue weighted by Crippen LogP contribution is 2.40. The Labute approximate surface area is 140 Å². The predicted molar refractivity (Wildman–Crippen MR) is 86.0 cm³/mol. The van der Waals surface area contributed by atoms with E-state index < -0.39 is 17.4 Å². The van der Waals surface area contributed by atoms with E-state index in [0.717, 1.165) is 0 Å². The zero-order valence-electron chi connectivity index (χ0n) is 13.3. The molecule has 0 saturated heterocycles. The lowest BCUT2D eigenvalue weighted by Crippen LogP contribution is -2.20. The van der Waals surface area contributed by atoms with Crippen molar-refractivity contribution in [2.75, 3.05) is 14.2 Å². The van der Waals surface area contributed by atoms with Crippen molar-refractivity contribution in [3.05, 3.63) is 58.4 Å². The minimum absolute atomic E-state index is 0.0459. The quantitative estimate of drug-likeness (QED) is 0.653. The van der Waals surface area contributed by atoms with E-state index in [-0.39, 0.29) is 22.1 Å². The molecule has 7 heteroatoms. The van der Waals surface area contributed by atoms with Gasteiger partial charge in [0.2, 0.25) is 0 Å². The van der Waals surface area contributed by atoms with Crippen LogP contribution >= 0.6 is 0 Å². The predicted octanol–water partition coefficient (Wildman–Crippen LogP) is 4.50. The van der Waals surface area contributed by atoms with Crippen LogP contribution in [-0.2, 0) is 6.18 Å². The Morgan fingerprint density at radius 1 is 0.920 bits per heavy atom. The molecule has 0 atom stereocenters. The summed E-state index contributed by atoms with van der Waals surface area (Å²) < 4.78 is 55.6. The number of halogens is 3. The van der Waals surface area contributed by atoms with Gasteiger partial charge in [-0.3, -0.25) is 0 Å². The molecule has 25 heavy (non-hydrogen) atoms. The first kappa shape index (κ1) is 16.9. The summed E-state index contributed by atoms with van der Waals surface area (Å²) in [6.07, 6.45) is -4.87. The third kappa shape index (κ3) is 3.05. The van der Waals surface area contributed by atoms with E-state index in [9.17, 15) is 18.0 Å². The van der Waals surface area contributed by atoms with E-state index in [1.807, 2.05) is 0 Å². The molecule has 0 radical (unpaired) electrons. The maximum atomic E-state index is 13.5. The van der Waals surface area contributed by atoms with Gasteiger partial charge in [0.25, 0.3) is 0 Å². The topological polar surface area (TPSA) is 48.7 Å². The van der Waals surface area contributed by atoms with Crippen molar-refractivity contribution in [2.45, 2.75) is 6.18 Å². The second kappa shape index (κ2) is 6.16. The van der Waals surface area contributed by atoms with Gasteiger partial charge in [0.15, 0.2) is 0 Å². The molecule has 0 N–H and O–H groups in total. The SMILES string of the molecule is COc1ccc(-c2c(C(F)(F)F)c(=O)oc3ccc(OC)cc23)cc1. The summed E-state index contributed by atoms with van der Waals surface area (Å²) in [5.74, 6) is 0.839. The molecule has 2 aromatic carbocycles. The van der Waals surface area contributed by atoms with E-state index in [1.165, 1.54) is 56.7 Å². The van der Waals surface area contributed by atoms with Crippen LogP contribution in [0.15, 0.2) is 51.7 Å². The Hall–Kier alpha value is -2.96. The van der Waals surface area contributed by atoms with Crippen molar-refractivity contribution >= 4 is 11.0 Å². The van der Waals surface area contributed by atoms with Crippen LogP contribution in [0.1, 0.15) is 5.56 Å². The Morgan fingerprint density at radius 3 is 2.08 bits per heavy atom. The summed E-state index contributed by atoms with van der Waals surface area (Å²) in [6.45, 7) is 0. The number of fused-ring (bicyclic) bond motifs is 1. The Balaban J connectivity index is 2.43. The molecule has 3 aromatic rings. The summed E-state index contributed by atoms with van der Waals surface area (Å²) in [7, 11) is 2.85. The summed E-state index contributed by atoms with van der Waals surface area (Å²) in [5.41, 5.74) is -2.77. The summed E-state index contributed by atoms with van der Waals surface area (Å²) in [5, 5.41) is 0.136. The van der Waals surface area contributed by atoms with Crippen LogP contribution in [-0.4, -0.2) is 14.2 Å². The molecule has 130 valence electrons. The maximum absolute atomic E-state index is 13.5. The third-order valence-corrected chi connectivity index (χ3v) is 3.78. The van der Waals surface area contributed by atoms with Crippen molar-refractivity contribution < 1.29 is 27.1 Å². The number of alkyl halides is 3. The largest absolute Gasteiger partial charge is 0.497 e. The molecule has 0 aliphatic heterocycles. The van der Waals surface area contributed by atoms with Crippen LogP contribution in [0.2, 0.25) is 0 Å². The van der Waals surface area contributed by atoms with Gasteiger partial charge in [-0.05, 0) is 35.9 Å². The van der Waals surface area contributed by atoms with Crippen molar-refractivity contribution in [3.63, 3.8) is 0 Å². The number of methoxy groups -OCH3 is 2. The van der Waals surface area contributed by atoms with Crippen LogP contribution in [0.5, 0.6) is 11.5 Å². The monoisotopic (exact) mass is 350 g/mol. The number of hydrogen-bond acceptors (Lipinski definition) is 4. The average molecular weight is 350 g/mol. The van der Waals surface area contributed by atoms with Crippen LogP contribution < -0.4 is 15.1 Å². The molecule has 4 nitrogen and oxygen atoms in total. The Morgan fingerprint density at radius 2 is 1.52 bits per heavy atom. The van der Waals surface area contributed by atoms with Gasteiger partial charge in [0.05, 0.1) is 14.2 Å². The maximum Gasteiger partial charge on any atom is 0.424 e. The zero-order valence-corrected chi connectivity index (χ0v) is 13.3. The molecule has 0 amide bonds. The van der Waals surface area contributed by atoms with Crippen LogP contribution in [0, 0.1) is 0 Å². The van der Waals surface area contributed by atoms with Gasteiger partial charge in [-0.25, -0.2) is 4.79 Å². The highest BCUT2D eigenvalue weighted by molar-refractivity contribution is 5.96. The molecule has 0 unspecified atom stereocenters. The first-order valence-corrected chi connectivity index (χ1v) is 7.21. The van der Waals surface area contributed by atoms with Crippen molar-refractivity contribution in [3.8, 4) is 22.6 Å². The van der Waals surface area contributed by atoms with E-state index in [0.29, 0.717) is 11.5 Å². The number of ether oxygens (including phenoxy) is 2. The van der Waals surface area contributed by atoms with Gasteiger partial charge in [-0.1, -0.05) is 12.1 Å². The van der Waals surface area contributed by atoms with Gasteiger partial charge in [0, 0.05) is 10.9 Å². The fraction of sp³-hybridized carbons (Fsp3) is 0.167. The highest BCUT2D eigenvalue weighted by atomic mass is 19.4. The molecule has 0 fully saturated rings. The standard InChI is InChI=1S/C18H13F3O4/c1-23-11-5-3-10(4-6-11)15-13-9-12(24-2)7-8-14(13)25-17(22)16(15)18(19,20)21/h3-9H,1-2H3. The lowest BCUT2D eigenvalue weighted by Gasteiger charge is -2.15. The summed E-state index contributed by atoms with van der Waals surface area (Å²) >= 11 is 0. The van der Waals surface area contributed by atoms with Crippen molar-refractivity contribution in [2.24, 2.45) is 0 Å². The lowest BCUT2D eigenvalue weighted by atomic mass is 9.96. The molecule has 0 aliphatic carbocycles. The fourth-order valence-electron chi connectivity index (χ4n) is 2.62. The molecule has 1 heterocycles. The summed E-state index contributed by atoms with van der Waals surface area (Å²) in [4.78, 5) is 12.0. The van der Waals surface area contributed by atoms with Crippen molar-refractivity contribution in [1.29, 1.82) is 0 Å². The third-order valence-electron chi connectivity index (χ3n) is 3.78. The van der Waals surface area contributed by atoms with Gasteiger partial charge in [-0.2, -0.15) is 13.2 Å².